The third kappa shape index (κ3) is 41.5. The molecule has 0 aromatic carbocycles. The van der Waals surface area contributed by atoms with Gasteiger partial charge in [0, 0.05) is 6.42 Å². The molecule has 0 heterocycles. The summed E-state index contributed by atoms with van der Waals surface area (Å²) in [6, 6.07) is -0.733. The van der Waals surface area contributed by atoms with Crippen LogP contribution in [0.25, 0.3) is 0 Å². The Balaban J connectivity index is 4.74. The van der Waals surface area contributed by atoms with Crippen molar-refractivity contribution < 1.29 is 24.5 Å². The molecule has 0 radical (unpaired) electrons. The van der Waals surface area contributed by atoms with Gasteiger partial charge in [0.1, 0.15) is 6.10 Å². The summed E-state index contributed by atoms with van der Waals surface area (Å²) in [5, 5.41) is 23.6. The molecule has 0 rings (SSSR count). The highest BCUT2D eigenvalue weighted by molar-refractivity contribution is 5.77. The molecule has 3 unspecified atom stereocenters. The Morgan fingerprint density at radius 3 is 1.40 bits per heavy atom. The second-order valence-corrected chi connectivity index (χ2v) is 16.3. The van der Waals surface area contributed by atoms with Crippen LogP contribution < -0.4 is 5.32 Å². The molecule has 0 aliphatic heterocycles. The van der Waals surface area contributed by atoms with E-state index in [0.29, 0.717) is 19.3 Å². The van der Waals surface area contributed by atoms with E-state index in [1.807, 2.05) is 48.6 Å². The summed E-state index contributed by atoms with van der Waals surface area (Å²) in [4.78, 5) is 26.1. The molecule has 0 fully saturated rings. The molecule has 60 heavy (non-hydrogen) atoms. The van der Waals surface area contributed by atoms with Crippen LogP contribution in [0.3, 0.4) is 0 Å². The maximum absolute atomic E-state index is 13.1. The normalized spacial score (nSPS) is 14.2. The number of hydrogen-bond acceptors (Lipinski definition) is 5. The molecule has 0 aromatic rings. The van der Waals surface area contributed by atoms with Crippen LogP contribution in [0.5, 0.6) is 0 Å². The van der Waals surface area contributed by atoms with Gasteiger partial charge in [0.2, 0.25) is 5.91 Å². The van der Waals surface area contributed by atoms with E-state index in [-0.39, 0.29) is 24.9 Å². The smallest absolute Gasteiger partial charge is 0.306 e. The van der Waals surface area contributed by atoms with Crippen LogP contribution in [0.4, 0.5) is 0 Å². The number of ether oxygens (including phenoxy) is 1. The van der Waals surface area contributed by atoms with Crippen molar-refractivity contribution in [3.8, 4) is 0 Å². The van der Waals surface area contributed by atoms with E-state index < -0.39 is 18.2 Å². The monoisotopic (exact) mass is 834 g/mol. The van der Waals surface area contributed by atoms with Gasteiger partial charge in [0.05, 0.1) is 25.2 Å². The van der Waals surface area contributed by atoms with Crippen LogP contribution in [0.1, 0.15) is 207 Å². The van der Waals surface area contributed by atoms with Crippen molar-refractivity contribution in [3.63, 3.8) is 0 Å². The number of nitrogens with one attached hydrogen (secondary N) is 1. The van der Waals surface area contributed by atoms with Crippen LogP contribution in [0.2, 0.25) is 0 Å². The second-order valence-electron chi connectivity index (χ2n) is 16.3. The number of unbranched alkanes of at least 4 members (excludes halogenated alkanes) is 20. The van der Waals surface area contributed by atoms with Gasteiger partial charge in [0.25, 0.3) is 0 Å². The number of aliphatic hydroxyl groups is 2. The molecule has 0 spiro atoms. The summed E-state index contributed by atoms with van der Waals surface area (Å²) in [7, 11) is 0. The molecule has 0 saturated heterocycles. The third-order valence-electron chi connectivity index (χ3n) is 10.6. The van der Waals surface area contributed by atoms with Gasteiger partial charge in [-0.25, -0.2) is 0 Å². The van der Waals surface area contributed by atoms with Gasteiger partial charge in [-0.15, -0.1) is 0 Å². The van der Waals surface area contributed by atoms with Gasteiger partial charge >= 0.3 is 5.97 Å². The van der Waals surface area contributed by atoms with E-state index >= 15 is 0 Å². The van der Waals surface area contributed by atoms with Crippen LogP contribution in [0, 0.1) is 0 Å². The number of carbonyl (C=O) groups excluding carboxylic acids is 2. The van der Waals surface area contributed by atoms with Crippen molar-refractivity contribution in [2.45, 2.75) is 225 Å². The molecular formula is C54H91NO5. The maximum atomic E-state index is 13.1. The predicted molar refractivity (Wildman–Crippen MR) is 259 cm³/mol. The zero-order chi connectivity index (χ0) is 43.8. The maximum Gasteiger partial charge on any atom is 0.306 e. The lowest BCUT2D eigenvalue weighted by Gasteiger charge is -2.24. The van der Waals surface area contributed by atoms with Crippen LogP contribution in [-0.2, 0) is 14.3 Å². The summed E-state index contributed by atoms with van der Waals surface area (Å²) >= 11 is 0. The van der Waals surface area contributed by atoms with Crippen LogP contribution in [-0.4, -0.2) is 46.9 Å². The number of aliphatic hydroxyl groups excluding tert-OH is 2. The number of hydrogen-bond donors (Lipinski definition) is 3. The van der Waals surface area contributed by atoms with E-state index in [9.17, 15) is 19.8 Å². The lowest BCUT2D eigenvalue weighted by molar-refractivity contribution is -0.151. The molecule has 0 saturated carbocycles. The number of esters is 1. The fourth-order valence-corrected chi connectivity index (χ4v) is 6.87. The first-order valence-corrected chi connectivity index (χ1v) is 24.6. The van der Waals surface area contributed by atoms with Crippen molar-refractivity contribution in [2.24, 2.45) is 0 Å². The van der Waals surface area contributed by atoms with Crippen molar-refractivity contribution in [3.05, 3.63) is 97.2 Å². The fraction of sp³-hybridized carbons (Fsp3) is 0.667. The third-order valence-corrected chi connectivity index (χ3v) is 10.6. The average molecular weight is 834 g/mol. The Kier molecular flexibility index (Phi) is 44.3. The zero-order valence-corrected chi connectivity index (χ0v) is 38.8. The molecule has 3 atom stereocenters. The van der Waals surface area contributed by atoms with E-state index in [1.54, 1.807) is 0 Å². The summed E-state index contributed by atoms with van der Waals surface area (Å²) in [6.45, 7) is 6.27. The predicted octanol–water partition coefficient (Wildman–Crippen LogP) is 14.6. The number of allylic oxidation sites excluding steroid dienone is 16. The summed E-state index contributed by atoms with van der Waals surface area (Å²) < 4.78 is 5.87. The number of amides is 1. The minimum Gasteiger partial charge on any atom is -0.462 e. The van der Waals surface area contributed by atoms with Crippen LogP contribution >= 0.6 is 0 Å². The van der Waals surface area contributed by atoms with Crippen molar-refractivity contribution in [1.29, 1.82) is 0 Å². The lowest BCUT2D eigenvalue weighted by atomic mass is 10.0. The zero-order valence-electron chi connectivity index (χ0n) is 38.8. The summed E-state index contributed by atoms with van der Waals surface area (Å²) in [5.74, 6) is -0.579. The van der Waals surface area contributed by atoms with E-state index in [4.69, 9.17) is 4.74 Å². The second kappa shape index (κ2) is 46.8. The highest BCUT2D eigenvalue weighted by Gasteiger charge is 2.24. The molecule has 6 heteroatoms. The first-order chi connectivity index (χ1) is 29.5. The quantitative estimate of drug-likeness (QED) is 0.0323. The molecule has 1 amide bonds. The molecule has 0 aliphatic rings. The Morgan fingerprint density at radius 1 is 0.500 bits per heavy atom. The Morgan fingerprint density at radius 2 is 0.917 bits per heavy atom. The van der Waals surface area contributed by atoms with Gasteiger partial charge in [-0.05, 0) is 64.2 Å². The first kappa shape index (κ1) is 56.8. The standard InChI is InChI=1S/C54H91NO5/c1-4-7-10-13-16-19-22-24-25-26-27-28-30-32-35-38-41-44-47-54(59)60-50(45-42-39-36-33-31-29-23-20-17-14-11-8-5-2)48-53(58)55-51(49-56)52(57)46-43-40-37-34-21-18-15-12-9-6-3/h8,11,14,17,20,22-29,31,33,36,50-52,56-57H,4-7,9-10,12-13,15-16,18-19,21,30,32,34-35,37-49H2,1-3H3,(H,55,58)/b11-8+,17-14+,23-20-,24-22+,26-25+,28-27+,31-29-,36-33+. The summed E-state index contributed by atoms with van der Waals surface area (Å²) in [5.41, 5.74) is 0. The van der Waals surface area contributed by atoms with Crippen molar-refractivity contribution in [1.82, 2.24) is 5.32 Å². The van der Waals surface area contributed by atoms with Crippen molar-refractivity contribution in [2.75, 3.05) is 6.61 Å². The largest absolute Gasteiger partial charge is 0.462 e. The average Bonchev–Trinajstić information content (AvgIpc) is 3.24. The Labute approximate surface area is 369 Å². The Bertz CT molecular complexity index is 1210. The van der Waals surface area contributed by atoms with E-state index in [0.717, 1.165) is 83.5 Å². The molecule has 0 aliphatic carbocycles. The Hall–Kier alpha value is -3.22. The number of carbonyl (C=O) groups is 2. The highest BCUT2D eigenvalue weighted by Crippen LogP contribution is 2.16. The van der Waals surface area contributed by atoms with Gasteiger partial charge in [0.15, 0.2) is 0 Å². The lowest BCUT2D eigenvalue weighted by Crippen LogP contribution is -2.46. The van der Waals surface area contributed by atoms with E-state index in [2.05, 4.69) is 74.7 Å². The molecule has 0 bridgehead atoms. The van der Waals surface area contributed by atoms with Crippen LogP contribution in [0.15, 0.2) is 97.2 Å². The topological polar surface area (TPSA) is 95.9 Å². The molecule has 3 N–H and O–H groups in total. The van der Waals surface area contributed by atoms with Crippen molar-refractivity contribution >= 4 is 11.9 Å². The number of rotatable bonds is 42. The minimum atomic E-state index is -0.814. The van der Waals surface area contributed by atoms with Gasteiger partial charge < -0.3 is 20.3 Å². The highest BCUT2D eigenvalue weighted by atomic mass is 16.5. The molecule has 342 valence electrons. The van der Waals surface area contributed by atoms with Gasteiger partial charge in [-0.3, -0.25) is 9.59 Å². The minimum absolute atomic E-state index is 0.0146. The molecule has 6 nitrogen and oxygen atoms in total. The fourth-order valence-electron chi connectivity index (χ4n) is 6.87. The van der Waals surface area contributed by atoms with E-state index in [1.165, 1.54) is 77.0 Å². The summed E-state index contributed by atoms with van der Waals surface area (Å²) in [6.07, 6.45) is 61.8. The molecular weight excluding hydrogens is 743 g/mol. The molecule has 0 aromatic heterocycles. The van der Waals surface area contributed by atoms with Gasteiger partial charge in [-0.1, -0.05) is 227 Å². The van der Waals surface area contributed by atoms with Gasteiger partial charge in [-0.2, -0.15) is 0 Å². The first-order valence-electron chi connectivity index (χ1n) is 24.6. The SMILES string of the molecule is CC/C=C/C=C/C=C\C=C/C=C/CCCC(CC(=O)NC(CO)C(O)CCCCCCCCCCCC)OC(=O)CCCCCCC/C=C/C=C/C=C/CCCCCCC.